The molecule has 0 radical (unpaired) electrons. The topological polar surface area (TPSA) is 12.0 Å². The smallest absolute Gasteiger partial charge is 0.0162 e. The Hall–Kier alpha value is -1.60. The van der Waals surface area contributed by atoms with E-state index in [4.69, 9.17) is 0 Å². The van der Waals surface area contributed by atoms with Crippen molar-refractivity contribution in [2.45, 2.75) is 113 Å². The van der Waals surface area contributed by atoms with Crippen molar-refractivity contribution in [3.8, 4) is 0 Å². The normalized spacial score (nSPS) is 8.84. The van der Waals surface area contributed by atoms with E-state index in [2.05, 4.69) is 70.9 Å². The predicted molar refractivity (Wildman–Crippen MR) is 155 cm³/mol. The van der Waals surface area contributed by atoms with E-state index in [1.165, 1.54) is 54.4 Å². The van der Waals surface area contributed by atoms with Gasteiger partial charge in [0.15, 0.2) is 0 Å². The molecule has 188 valence electrons. The van der Waals surface area contributed by atoms with E-state index < -0.39 is 0 Å². The summed E-state index contributed by atoms with van der Waals surface area (Å²) in [6, 6.07) is 7.01. The van der Waals surface area contributed by atoms with E-state index in [9.17, 15) is 0 Å². The Morgan fingerprint density at radius 2 is 1.34 bits per heavy atom. The van der Waals surface area contributed by atoms with Gasteiger partial charge in [-0.25, -0.2) is 0 Å². The number of rotatable bonds is 11. The van der Waals surface area contributed by atoms with E-state index in [0.29, 0.717) is 0 Å². The lowest BCUT2D eigenvalue weighted by molar-refractivity contribution is 0.560. The van der Waals surface area contributed by atoms with Gasteiger partial charge in [-0.2, -0.15) is 0 Å². The molecule has 0 heterocycles. The van der Waals surface area contributed by atoms with E-state index in [0.717, 1.165) is 25.2 Å². The van der Waals surface area contributed by atoms with Crippen LogP contribution < -0.4 is 5.32 Å². The molecule has 1 N–H and O–H groups in total. The van der Waals surface area contributed by atoms with E-state index >= 15 is 0 Å². The minimum absolute atomic E-state index is 0.740. The molecule has 0 atom stereocenters. The van der Waals surface area contributed by atoms with Gasteiger partial charge in [-0.05, 0) is 82.2 Å². The van der Waals surface area contributed by atoms with Crippen LogP contribution in [0.2, 0.25) is 0 Å². The molecule has 0 unspecified atom stereocenters. The number of benzene rings is 1. The Morgan fingerprint density at radius 3 is 1.66 bits per heavy atom. The monoisotopic (exact) mass is 445 g/mol. The minimum Gasteiger partial charge on any atom is -0.323 e. The van der Waals surface area contributed by atoms with Gasteiger partial charge in [0.25, 0.3) is 0 Å². The maximum atomic E-state index is 4.08. The number of allylic oxidation sites excluding steroid dienone is 3. The second-order valence-corrected chi connectivity index (χ2v) is 7.33. The van der Waals surface area contributed by atoms with Gasteiger partial charge in [0, 0.05) is 0 Å². The lowest BCUT2D eigenvalue weighted by Crippen LogP contribution is -2.01. The highest BCUT2D eigenvalue weighted by atomic mass is 14.7. The van der Waals surface area contributed by atoms with Crippen LogP contribution in [0.5, 0.6) is 0 Å². The van der Waals surface area contributed by atoms with Crippen LogP contribution in [0.15, 0.2) is 50.1 Å². The van der Waals surface area contributed by atoms with Crippen molar-refractivity contribution in [3.63, 3.8) is 0 Å². The highest BCUT2D eigenvalue weighted by molar-refractivity contribution is 5.65. The Balaban J connectivity index is -0.000000233. The number of hydrogen-bond acceptors (Lipinski definition) is 1. The average molecular weight is 446 g/mol. The SMILES string of the molecule is C=C(C)c1ccc(C(CCC)CCC)cc1CC.C=CCCCC=C.CC.CC.CNC. The Bertz CT molecular complexity index is 513. The molecule has 1 aromatic carbocycles. The molecule has 0 bridgehead atoms. The van der Waals surface area contributed by atoms with Crippen molar-refractivity contribution in [1.82, 2.24) is 5.32 Å². The molecule has 1 aromatic rings. The third-order valence-electron chi connectivity index (χ3n) is 4.53. The summed E-state index contributed by atoms with van der Waals surface area (Å²) >= 11 is 0. The van der Waals surface area contributed by atoms with E-state index in [1.807, 2.05) is 53.9 Å². The molecular formula is C31H59N. The van der Waals surface area contributed by atoms with Gasteiger partial charge in [-0.1, -0.05) is 104 Å². The van der Waals surface area contributed by atoms with Gasteiger partial charge < -0.3 is 5.32 Å². The standard InChI is InChI=1S/C18H28.C7H12.C2H7N.2C2H6/c1-6-9-16(10-7-2)17-11-12-18(14(4)5)15(8-3)13-17;1-3-5-7-6-4-2;1-3-2;2*1-2/h11-13,16H,4,6-10H2,1-3,5H3;3-4H,1-2,5-7H2;3H,1-2H3;2*1-2H3. The van der Waals surface area contributed by atoms with Crippen LogP contribution in [-0.4, -0.2) is 14.1 Å². The van der Waals surface area contributed by atoms with Crippen LogP contribution in [0.4, 0.5) is 0 Å². The summed E-state index contributed by atoms with van der Waals surface area (Å²) < 4.78 is 0. The first-order valence-electron chi connectivity index (χ1n) is 13.1. The molecule has 1 rings (SSSR count). The lowest BCUT2D eigenvalue weighted by Gasteiger charge is -2.18. The van der Waals surface area contributed by atoms with Crippen molar-refractivity contribution in [2.24, 2.45) is 0 Å². The Morgan fingerprint density at radius 1 is 0.906 bits per heavy atom. The van der Waals surface area contributed by atoms with Gasteiger partial charge in [-0.15, -0.1) is 13.2 Å². The third kappa shape index (κ3) is 21.6. The average Bonchev–Trinajstić information content (AvgIpc) is 2.82. The summed E-state index contributed by atoms with van der Waals surface area (Å²) in [6.07, 6.45) is 13.6. The molecule has 0 aromatic heterocycles. The summed E-state index contributed by atoms with van der Waals surface area (Å²) in [4.78, 5) is 0. The lowest BCUT2D eigenvalue weighted by atomic mass is 9.87. The summed E-state index contributed by atoms with van der Waals surface area (Å²) in [5.74, 6) is 0.740. The molecule has 0 fully saturated rings. The number of nitrogens with one attached hydrogen (secondary N) is 1. The first-order chi connectivity index (χ1) is 15.5. The van der Waals surface area contributed by atoms with Gasteiger partial charge in [0.1, 0.15) is 0 Å². The van der Waals surface area contributed by atoms with Gasteiger partial charge in [0.2, 0.25) is 0 Å². The second kappa shape index (κ2) is 31.6. The quantitative estimate of drug-likeness (QED) is 0.264. The molecule has 0 aliphatic rings. The molecule has 0 spiro atoms. The van der Waals surface area contributed by atoms with Crippen LogP contribution in [0.1, 0.15) is 123 Å². The highest BCUT2D eigenvalue weighted by Gasteiger charge is 2.12. The molecule has 0 saturated heterocycles. The molecule has 0 amide bonds. The molecular weight excluding hydrogens is 386 g/mol. The third-order valence-corrected chi connectivity index (χ3v) is 4.53. The van der Waals surface area contributed by atoms with Crippen molar-refractivity contribution < 1.29 is 0 Å². The highest BCUT2D eigenvalue weighted by Crippen LogP contribution is 2.29. The Kier molecular flexibility index (Phi) is 37.2. The number of hydrogen-bond donors (Lipinski definition) is 1. The second-order valence-electron chi connectivity index (χ2n) is 7.33. The largest absolute Gasteiger partial charge is 0.323 e. The van der Waals surface area contributed by atoms with Crippen molar-refractivity contribution >= 4 is 5.57 Å². The fraction of sp³-hybridized carbons (Fsp3) is 0.613. The van der Waals surface area contributed by atoms with Gasteiger partial charge in [0.05, 0.1) is 0 Å². The molecule has 1 heteroatoms. The molecule has 32 heavy (non-hydrogen) atoms. The van der Waals surface area contributed by atoms with Crippen molar-refractivity contribution in [3.05, 3.63) is 66.8 Å². The molecule has 0 saturated carbocycles. The molecule has 1 nitrogen and oxygen atoms in total. The maximum absolute atomic E-state index is 4.08. The predicted octanol–water partition coefficient (Wildman–Crippen LogP) is 10.4. The summed E-state index contributed by atoms with van der Waals surface area (Å²) in [6.45, 7) is 28.2. The zero-order valence-corrected chi connectivity index (χ0v) is 23.7. The fourth-order valence-corrected chi connectivity index (χ4v) is 3.16. The van der Waals surface area contributed by atoms with Crippen LogP contribution in [0.3, 0.4) is 0 Å². The van der Waals surface area contributed by atoms with Crippen molar-refractivity contribution in [2.75, 3.05) is 14.1 Å². The van der Waals surface area contributed by atoms with Crippen LogP contribution in [0.25, 0.3) is 5.57 Å². The molecule has 0 aliphatic carbocycles. The zero-order valence-electron chi connectivity index (χ0n) is 23.7. The van der Waals surface area contributed by atoms with Crippen LogP contribution >= 0.6 is 0 Å². The first-order valence-corrected chi connectivity index (χ1v) is 13.1. The van der Waals surface area contributed by atoms with Gasteiger partial charge >= 0.3 is 0 Å². The van der Waals surface area contributed by atoms with E-state index in [1.54, 1.807) is 0 Å². The van der Waals surface area contributed by atoms with Gasteiger partial charge in [-0.3, -0.25) is 0 Å². The van der Waals surface area contributed by atoms with E-state index in [-0.39, 0.29) is 0 Å². The Labute approximate surface area is 204 Å². The van der Waals surface area contributed by atoms with Crippen LogP contribution in [0, 0.1) is 0 Å². The number of aryl methyl sites for hydroxylation is 1. The van der Waals surface area contributed by atoms with Crippen LogP contribution in [-0.2, 0) is 6.42 Å². The number of unbranched alkanes of at least 4 members (excludes halogenated alkanes) is 2. The fourth-order valence-electron chi connectivity index (χ4n) is 3.16. The summed E-state index contributed by atoms with van der Waals surface area (Å²) in [5, 5.41) is 2.75. The first kappa shape index (κ1) is 37.7. The minimum atomic E-state index is 0.740. The summed E-state index contributed by atoms with van der Waals surface area (Å²) in [5.41, 5.74) is 5.51. The summed E-state index contributed by atoms with van der Waals surface area (Å²) in [7, 11) is 3.75. The zero-order chi connectivity index (χ0) is 25.8. The molecule has 0 aliphatic heterocycles. The maximum Gasteiger partial charge on any atom is -0.0162 e. The van der Waals surface area contributed by atoms with Crippen molar-refractivity contribution in [1.29, 1.82) is 0 Å².